The van der Waals surface area contributed by atoms with E-state index in [0.29, 0.717) is 11.8 Å². The highest BCUT2D eigenvalue weighted by Crippen LogP contribution is 2.33. The van der Waals surface area contributed by atoms with Crippen LogP contribution in [0.1, 0.15) is 5.56 Å². The number of nitrogens with zero attached hydrogens (tertiary/aromatic N) is 2. The summed E-state index contributed by atoms with van der Waals surface area (Å²) < 4.78 is 91.4. The van der Waals surface area contributed by atoms with Gasteiger partial charge >= 0.3 is 6.18 Å². The minimum absolute atomic E-state index is 0.0416. The molecule has 1 saturated heterocycles. The van der Waals surface area contributed by atoms with Crippen LogP contribution < -0.4 is 5.32 Å². The van der Waals surface area contributed by atoms with E-state index in [-0.39, 0.29) is 44.7 Å². The summed E-state index contributed by atoms with van der Waals surface area (Å²) in [4.78, 5) is 13.1. The Labute approximate surface area is 175 Å². The molecule has 0 atom stereocenters. The number of sulfonamides is 1. The summed E-state index contributed by atoms with van der Waals surface area (Å²) in [7, 11) is -4.26. The highest BCUT2D eigenvalue weighted by Gasteiger charge is 2.37. The van der Waals surface area contributed by atoms with Crippen LogP contribution in [0.2, 0.25) is 0 Å². The molecule has 1 aliphatic heterocycles. The molecule has 0 spiro atoms. The molecule has 1 N–H and O–H groups in total. The van der Waals surface area contributed by atoms with Crippen LogP contribution in [0.25, 0.3) is 0 Å². The number of hydrogen-bond acceptors (Lipinski definition) is 4. The topological polar surface area (TPSA) is 69.7 Å². The maximum absolute atomic E-state index is 13.5. The minimum atomic E-state index is -5.02. The van der Waals surface area contributed by atoms with Gasteiger partial charge in [0.2, 0.25) is 15.9 Å². The standard InChI is InChI=1S/C19H18F5N3O3S/c20-13-1-3-14(4-2-13)25-18(28)12-26-7-9-27(10-8-26)31(29,30)15-5-6-17(21)16(11-15)19(22,23)24/h1-6,11H,7-10,12H2,(H,25,28). The van der Waals surface area contributed by atoms with E-state index in [1.165, 1.54) is 24.3 Å². The second-order valence-electron chi connectivity index (χ2n) is 6.87. The molecule has 3 rings (SSSR count). The zero-order chi connectivity index (χ0) is 22.8. The molecule has 12 heteroatoms. The number of carbonyl (C=O) groups excluding carboxylic acids is 1. The summed E-state index contributed by atoms with van der Waals surface area (Å²) in [5.74, 6) is -2.38. The van der Waals surface area contributed by atoms with Crippen molar-refractivity contribution in [3.8, 4) is 0 Å². The molecule has 1 aliphatic rings. The van der Waals surface area contributed by atoms with Gasteiger partial charge in [-0.25, -0.2) is 17.2 Å². The van der Waals surface area contributed by atoms with Crippen LogP contribution in [-0.2, 0) is 21.0 Å². The number of anilines is 1. The van der Waals surface area contributed by atoms with E-state index in [9.17, 15) is 35.2 Å². The average Bonchev–Trinajstić information content (AvgIpc) is 2.69. The maximum Gasteiger partial charge on any atom is 0.419 e. The zero-order valence-electron chi connectivity index (χ0n) is 16.0. The zero-order valence-corrected chi connectivity index (χ0v) is 16.8. The van der Waals surface area contributed by atoms with Gasteiger partial charge in [-0.1, -0.05) is 0 Å². The second kappa shape index (κ2) is 8.89. The Morgan fingerprint density at radius 3 is 2.16 bits per heavy atom. The molecule has 2 aromatic carbocycles. The van der Waals surface area contributed by atoms with E-state index >= 15 is 0 Å². The number of benzene rings is 2. The van der Waals surface area contributed by atoms with Gasteiger partial charge in [0.25, 0.3) is 0 Å². The molecule has 2 aromatic rings. The first-order valence-electron chi connectivity index (χ1n) is 9.11. The third kappa shape index (κ3) is 5.57. The van der Waals surface area contributed by atoms with Crippen LogP contribution in [0, 0.1) is 11.6 Å². The molecule has 1 heterocycles. The fourth-order valence-corrected chi connectivity index (χ4v) is 4.54. The number of halogens is 5. The quantitative estimate of drug-likeness (QED) is 0.693. The van der Waals surface area contributed by atoms with Gasteiger partial charge in [-0.3, -0.25) is 9.69 Å². The smallest absolute Gasteiger partial charge is 0.325 e. The van der Waals surface area contributed by atoms with Gasteiger partial charge in [0.15, 0.2) is 0 Å². The van der Waals surface area contributed by atoms with Crippen LogP contribution >= 0.6 is 0 Å². The minimum Gasteiger partial charge on any atom is -0.325 e. The number of piperazine rings is 1. The molecular formula is C19H18F5N3O3S. The van der Waals surface area contributed by atoms with Crippen molar-refractivity contribution in [1.82, 2.24) is 9.21 Å². The molecule has 0 aliphatic carbocycles. The predicted octanol–water partition coefficient (Wildman–Crippen LogP) is 2.93. The number of hydrogen-bond donors (Lipinski definition) is 1. The summed E-state index contributed by atoms with van der Waals surface area (Å²) in [6.07, 6.45) is -5.02. The molecule has 0 aromatic heterocycles. The molecule has 168 valence electrons. The normalized spacial score (nSPS) is 16.3. The molecule has 0 unspecified atom stereocenters. The SMILES string of the molecule is O=C(CN1CCN(S(=O)(=O)c2ccc(F)c(C(F)(F)F)c2)CC1)Nc1ccc(F)cc1. The van der Waals surface area contributed by atoms with Crippen molar-refractivity contribution in [1.29, 1.82) is 0 Å². The lowest BCUT2D eigenvalue weighted by Gasteiger charge is -2.33. The summed E-state index contributed by atoms with van der Waals surface area (Å²) in [5.41, 5.74) is -1.24. The molecule has 6 nitrogen and oxygen atoms in total. The van der Waals surface area contributed by atoms with Crippen molar-refractivity contribution >= 4 is 21.6 Å². The molecule has 0 bridgehead atoms. The molecule has 1 amide bonds. The highest BCUT2D eigenvalue weighted by atomic mass is 32.2. The molecular weight excluding hydrogens is 445 g/mol. The molecule has 0 saturated carbocycles. The van der Waals surface area contributed by atoms with Gasteiger partial charge in [-0.05, 0) is 42.5 Å². The van der Waals surface area contributed by atoms with E-state index in [4.69, 9.17) is 0 Å². The van der Waals surface area contributed by atoms with Crippen LogP contribution in [0.3, 0.4) is 0 Å². The lowest BCUT2D eigenvalue weighted by molar-refractivity contribution is -0.140. The van der Waals surface area contributed by atoms with Gasteiger partial charge < -0.3 is 5.32 Å². The van der Waals surface area contributed by atoms with Crippen molar-refractivity contribution in [2.45, 2.75) is 11.1 Å². The van der Waals surface area contributed by atoms with Crippen LogP contribution in [0.5, 0.6) is 0 Å². The summed E-state index contributed by atoms with van der Waals surface area (Å²) in [6, 6.07) is 6.74. The Balaban J connectivity index is 1.61. The number of alkyl halides is 3. The van der Waals surface area contributed by atoms with Crippen LogP contribution in [0.15, 0.2) is 47.4 Å². The van der Waals surface area contributed by atoms with Gasteiger partial charge in [-0.15, -0.1) is 0 Å². The Kier molecular flexibility index (Phi) is 6.62. The monoisotopic (exact) mass is 463 g/mol. The number of amides is 1. The van der Waals surface area contributed by atoms with Gasteiger partial charge in [0.1, 0.15) is 11.6 Å². The average molecular weight is 463 g/mol. The van der Waals surface area contributed by atoms with Crippen molar-refractivity contribution in [3.63, 3.8) is 0 Å². The number of rotatable bonds is 5. The van der Waals surface area contributed by atoms with Crippen LogP contribution in [0.4, 0.5) is 27.6 Å². The third-order valence-electron chi connectivity index (χ3n) is 4.71. The third-order valence-corrected chi connectivity index (χ3v) is 6.60. The summed E-state index contributed by atoms with van der Waals surface area (Å²) in [5, 5.41) is 2.59. The van der Waals surface area contributed by atoms with Gasteiger partial charge in [0.05, 0.1) is 17.0 Å². The lowest BCUT2D eigenvalue weighted by Crippen LogP contribution is -2.50. The van der Waals surface area contributed by atoms with E-state index in [1.54, 1.807) is 4.90 Å². The fourth-order valence-electron chi connectivity index (χ4n) is 3.10. The molecule has 1 fully saturated rings. The first-order valence-corrected chi connectivity index (χ1v) is 10.6. The lowest BCUT2D eigenvalue weighted by atomic mass is 10.2. The second-order valence-corrected chi connectivity index (χ2v) is 8.81. The maximum atomic E-state index is 13.5. The fraction of sp³-hybridized carbons (Fsp3) is 0.316. The number of nitrogens with one attached hydrogen (secondary N) is 1. The van der Waals surface area contributed by atoms with Crippen molar-refractivity contribution in [2.24, 2.45) is 0 Å². The highest BCUT2D eigenvalue weighted by molar-refractivity contribution is 7.89. The van der Waals surface area contributed by atoms with Crippen LogP contribution in [-0.4, -0.2) is 56.3 Å². The Hall–Kier alpha value is -2.57. The van der Waals surface area contributed by atoms with Gasteiger partial charge in [-0.2, -0.15) is 17.5 Å². The Morgan fingerprint density at radius 2 is 1.58 bits per heavy atom. The van der Waals surface area contributed by atoms with Gasteiger partial charge in [0, 0.05) is 31.9 Å². The van der Waals surface area contributed by atoms with Crippen molar-refractivity contribution in [2.75, 3.05) is 38.0 Å². The van der Waals surface area contributed by atoms with Crippen molar-refractivity contribution in [3.05, 3.63) is 59.7 Å². The number of carbonyl (C=O) groups is 1. The predicted molar refractivity (Wildman–Crippen MR) is 102 cm³/mol. The molecule has 0 radical (unpaired) electrons. The van der Waals surface area contributed by atoms with Crippen molar-refractivity contribution < 1.29 is 35.2 Å². The van der Waals surface area contributed by atoms with E-state index in [1.807, 2.05) is 0 Å². The summed E-state index contributed by atoms with van der Waals surface area (Å²) >= 11 is 0. The van der Waals surface area contributed by atoms with E-state index < -0.39 is 38.3 Å². The first kappa shape index (κ1) is 23.1. The first-order chi connectivity index (χ1) is 14.5. The largest absolute Gasteiger partial charge is 0.419 e. The Morgan fingerprint density at radius 1 is 0.968 bits per heavy atom. The molecule has 31 heavy (non-hydrogen) atoms. The Bertz CT molecular complexity index is 1050. The summed E-state index contributed by atoms with van der Waals surface area (Å²) in [6.45, 7) is 0.197. The van der Waals surface area contributed by atoms with E-state index in [0.717, 1.165) is 10.4 Å². The van der Waals surface area contributed by atoms with E-state index in [2.05, 4.69) is 5.32 Å².